The lowest BCUT2D eigenvalue weighted by atomic mass is 9.90. The van der Waals surface area contributed by atoms with Crippen molar-refractivity contribution in [2.75, 3.05) is 6.61 Å². The number of hydrogen-bond donors (Lipinski definition) is 3. The molecule has 1 amide bonds. The fourth-order valence-corrected chi connectivity index (χ4v) is 2.20. The average molecular weight is 345 g/mol. The van der Waals surface area contributed by atoms with Gasteiger partial charge in [-0.3, -0.25) is 4.79 Å². The summed E-state index contributed by atoms with van der Waals surface area (Å²) >= 11 is 0. The minimum atomic E-state index is -0.811. The second kappa shape index (κ2) is 8.63. The molecule has 0 rings (SSSR count). The van der Waals surface area contributed by atoms with Gasteiger partial charge in [0.1, 0.15) is 0 Å². The van der Waals surface area contributed by atoms with E-state index in [-0.39, 0.29) is 22.6 Å². The Morgan fingerprint density at radius 1 is 0.958 bits per heavy atom. The van der Waals surface area contributed by atoms with Crippen molar-refractivity contribution < 1.29 is 14.6 Å². The Kier molecular flexibility index (Phi) is 8.40. The van der Waals surface area contributed by atoms with Crippen LogP contribution in [0.15, 0.2) is 0 Å². The predicted octanol–water partition coefficient (Wildman–Crippen LogP) is 3.14. The van der Waals surface area contributed by atoms with Crippen molar-refractivity contribution in [1.82, 2.24) is 5.32 Å². The molecular weight excluding hydrogens is 304 g/mol. The number of aliphatic hydroxyl groups is 1. The standard InChI is InChI=1S/C19H40N2O3/c1-16(2,20)13-14-24-19(7,8)12-11-17(3,4)21-15(22)9-10-18(5,6)23/h23H,9-14,20H2,1-8H3,(H,21,22). The van der Waals surface area contributed by atoms with E-state index in [2.05, 4.69) is 19.2 Å². The summed E-state index contributed by atoms with van der Waals surface area (Å²) in [5, 5.41) is 12.8. The predicted molar refractivity (Wildman–Crippen MR) is 99.9 cm³/mol. The van der Waals surface area contributed by atoms with Gasteiger partial charge in [-0.05, 0) is 81.1 Å². The molecule has 0 atom stereocenters. The molecule has 0 aromatic heterocycles. The molecule has 0 spiro atoms. The van der Waals surface area contributed by atoms with Crippen LogP contribution in [0.5, 0.6) is 0 Å². The van der Waals surface area contributed by atoms with Crippen LogP contribution in [-0.2, 0) is 9.53 Å². The Morgan fingerprint density at radius 2 is 1.50 bits per heavy atom. The summed E-state index contributed by atoms with van der Waals surface area (Å²) in [6.07, 6.45) is 3.27. The van der Waals surface area contributed by atoms with E-state index in [0.29, 0.717) is 19.4 Å². The number of carbonyl (C=O) groups excluding carboxylic acids is 1. The molecule has 24 heavy (non-hydrogen) atoms. The van der Waals surface area contributed by atoms with Gasteiger partial charge in [0.25, 0.3) is 0 Å². The molecule has 0 aromatic carbocycles. The smallest absolute Gasteiger partial charge is 0.220 e. The first kappa shape index (κ1) is 23.4. The highest BCUT2D eigenvalue weighted by Crippen LogP contribution is 2.23. The van der Waals surface area contributed by atoms with Crippen LogP contribution >= 0.6 is 0 Å². The van der Waals surface area contributed by atoms with Crippen LogP contribution in [0.25, 0.3) is 0 Å². The van der Waals surface area contributed by atoms with Gasteiger partial charge in [0.15, 0.2) is 0 Å². The first-order valence-corrected chi connectivity index (χ1v) is 8.98. The largest absolute Gasteiger partial charge is 0.390 e. The lowest BCUT2D eigenvalue weighted by molar-refractivity contribution is -0.124. The topological polar surface area (TPSA) is 84.6 Å². The molecule has 5 heteroatoms. The van der Waals surface area contributed by atoms with E-state index >= 15 is 0 Å². The molecule has 0 saturated carbocycles. The molecular formula is C19H40N2O3. The highest BCUT2D eigenvalue weighted by molar-refractivity contribution is 5.76. The molecule has 144 valence electrons. The Bertz CT molecular complexity index is 390. The van der Waals surface area contributed by atoms with Crippen molar-refractivity contribution in [2.45, 2.75) is 110 Å². The molecule has 0 unspecified atom stereocenters. The molecule has 0 aliphatic heterocycles. The third-order valence-corrected chi connectivity index (χ3v) is 4.03. The fraction of sp³-hybridized carbons (Fsp3) is 0.947. The summed E-state index contributed by atoms with van der Waals surface area (Å²) in [5.41, 5.74) is 4.40. The summed E-state index contributed by atoms with van der Waals surface area (Å²) in [6, 6.07) is 0. The molecule has 0 fully saturated rings. The van der Waals surface area contributed by atoms with E-state index in [1.165, 1.54) is 0 Å². The minimum absolute atomic E-state index is 0.0225. The van der Waals surface area contributed by atoms with Gasteiger partial charge >= 0.3 is 0 Å². The van der Waals surface area contributed by atoms with Gasteiger partial charge < -0.3 is 20.9 Å². The summed E-state index contributed by atoms with van der Waals surface area (Å²) in [7, 11) is 0. The van der Waals surface area contributed by atoms with Gasteiger partial charge in [0.2, 0.25) is 5.91 Å². The van der Waals surface area contributed by atoms with E-state index in [1.807, 2.05) is 27.7 Å². The number of ether oxygens (including phenoxy) is 1. The van der Waals surface area contributed by atoms with Gasteiger partial charge in [-0.25, -0.2) is 0 Å². The van der Waals surface area contributed by atoms with Crippen LogP contribution in [0.3, 0.4) is 0 Å². The van der Waals surface area contributed by atoms with Gasteiger partial charge in [0.05, 0.1) is 11.2 Å². The number of nitrogens with one attached hydrogen (secondary N) is 1. The monoisotopic (exact) mass is 344 g/mol. The maximum Gasteiger partial charge on any atom is 0.220 e. The Hall–Kier alpha value is -0.650. The maximum absolute atomic E-state index is 12.0. The third-order valence-electron chi connectivity index (χ3n) is 4.03. The zero-order chi connectivity index (χ0) is 19.2. The number of hydrogen-bond acceptors (Lipinski definition) is 4. The first-order valence-electron chi connectivity index (χ1n) is 8.98. The van der Waals surface area contributed by atoms with Gasteiger partial charge in [0, 0.05) is 24.1 Å². The van der Waals surface area contributed by atoms with Crippen LogP contribution in [0.2, 0.25) is 0 Å². The normalized spacial score (nSPS) is 13.9. The van der Waals surface area contributed by atoms with E-state index in [0.717, 1.165) is 19.3 Å². The van der Waals surface area contributed by atoms with E-state index in [1.54, 1.807) is 13.8 Å². The minimum Gasteiger partial charge on any atom is -0.390 e. The molecule has 0 aliphatic rings. The summed E-state index contributed by atoms with van der Waals surface area (Å²) < 4.78 is 5.97. The molecule has 0 aromatic rings. The van der Waals surface area contributed by atoms with Crippen molar-refractivity contribution in [2.24, 2.45) is 5.73 Å². The summed E-state index contributed by atoms with van der Waals surface area (Å²) in [5.74, 6) is -0.0225. The van der Waals surface area contributed by atoms with Gasteiger partial charge in [-0.15, -0.1) is 0 Å². The van der Waals surface area contributed by atoms with Crippen molar-refractivity contribution in [3.05, 3.63) is 0 Å². The Balaban J connectivity index is 4.27. The van der Waals surface area contributed by atoms with Gasteiger partial charge in [-0.1, -0.05) is 0 Å². The number of rotatable bonds is 11. The highest BCUT2D eigenvalue weighted by Gasteiger charge is 2.27. The Morgan fingerprint density at radius 3 is 1.96 bits per heavy atom. The molecule has 5 nitrogen and oxygen atoms in total. The molecule has 4 N–H and O–H groups in total. The van der Waals surface area contributed by atoms with Crippen molar-refractivity contribution in [1.29, 1.82) is 0 Å². The maximum atomic E-state index is 12.0. The zero-order valence-corrected chi connectivity index (χ0v) is 17.1. The molecule has 0 saturated heterocycles. The van der Waals surface area contributed by atoms with Crippen LogP contribution in [0, 0.1) is 0 Å². The Labute approximate surface area is 148 Å². The molecule has 0 heterocycles. The second-order valence-corrected chi connectivity index (χ2v) is 9.59. The lowest BCUT2D eigenvalue weighted by Gasteiger charge is -2.33. The quantitative estimate of drug-likeness (QED) is 0.537. The molecule has 0 radical (unpaired) electrons. The molecule has 0 aliphatic carbocycles. The average Bonchev–Trinajstić information content (AvgIpc) is 2.31. The van der Waals surface area contributed by atoms with Crippen LogP contribution in [0.4, 0.5) is 0 Å². The lowest BCUT2D eigenvalue weighted by Crippen LogP contribution is -2.45. The number of amides is 1. The van der Waals surface area contributed by atoms with Crippen LogP contribution in [0.1, 0.15) is 87.5 Å². The second-order valence-electron chi connectivity index (χ2n) is 9.59. The van der Waals surface area contributed by atoms with E-state index in [9.17, 15) is 9.90 Å². The van der Waals surface area contributed by atoms with Crippen LogP contribution in [-0.4, -0.2) is 39.9 Å². The summed E-state index contributed by atoms with van der Waals surface area (Å²) in [6.45, 7) is 16.2. The van der Waals surface area contributed by atoms with E-state index < -0.39 is 5.60 Å². The third kappa shape index (κ3) is 13.8. The number of carbonyl (C=O) groups is 1. The van der Waals surface area contributed by atoms with Crippen molar-refractivity contribution >= 4 is 5.91 Å². The van der Waals surface area contributed by atoms with Crippen molar-refractivity contribution in [3.63, 3.8) is 0 Å². The van der Waals surface area contributed by atoms with Gasteiger partial charge in [-0.2, -0.15) is 0 Å². The highest BCUT2D eigenvalue weighted by atomic mass is 16.5. The first-order chi connectivity index (χ1) is 10.5. The number of nitrogens with two attached hydrogens (primary N) is 1. The zero-order valence-electron chi connectivity index (χ0n) is 17.1. The molecule has 0 bridgehead atoms. The fourth-order valence-electron chi connectivity index (χ4n) is 2.20. The SMILES string of the molecule is CC(C)(N)CCOC(C)(C)CCC(C)(C)NC(=O)CCC(C)(C)O. The van der Waals surface area contributed by atoms with Crippen molar-refractivity contribution in [3.8, 4) is 0 Å². The van der Waals surface area contributed by atoms with Crippen LogP contribution < -0.4 is 11.1 Å². The summed E-state index contributed by atoms with van der Waals surface area (Å²) in [4.78, 5) is 12.0. The van der Waals surface area contributed by atoms with E-state index in [4.69, 9.17) is 10.5 Å².